The number of rotatable bonds is 9. The highest BCUT2D eigenvalue weighted by Crippen LogP contribution is 2.67. The fourth-order valence-electron chi connectivity index (χ4n) is 8.08. The smallest absolute Gasteiger partial charge is 0.128 e. The molecule has 1 aromatic rings. The summed E-state index contributed by atoms with van der Waals surface area (Å²) < 4.78 is 8.28. The summed E-state index contributed by atoms with van der Waals surface area (Å²) in [6, 6.07) is 11.3. The average Bonchev–Trinajstić information content (AvgIpc) is 3.23. The molecule has 0 bridgehead atoms. The Bertz CT molecular complexity index is 687. The Hall–Kier alpha value is -0.860. The van der Waals surface area contributed by atoms with Gasteiger partial charge in [0.15, 0.2) is 0 Å². The number of nitrogens with zero attached hydrogens (tertiary/aromatic N) is 1. The van der Waals surface area contributed by atoms with Gasteiger partial charge in [-0.15, -0.1) is 0 Å². The molecule has 0 amide bonds. The van der Waals surface area contributed by atoms with Gasteiger partial charge in [-0.05, 0) is 32.1 Å². The minimum atomic E-state index is 0.0602. The second-order valence-corrected chi connectivity index (χ2v) is 11.1. The van der Waals surface area contributed by atoms with Crippen LogP contribution in [0.5, 0.6) is 0 Å². The number of hydrogen-bond donors (Lipinski definition) is 0. The van der Waals surface area contributed by atoms with Gasteiger partial charge in [0.25, 0.3) is 0 Å². The normalized spacial score (nSPS) is 40.7. The molecule has 2 saturated heterocycles. The second-order valence-electron chi connectivity index (χ2n) is 11.1. The van der Waals surface area contributed by atoms with E-state index in [9.17, 15) is 0 Å². The van der Waals surface area contributed by atoms with Crippen molar-refractivity contribution >= 4 is 0 Å². The van der Waals surface area contributed by atoms with Crippen molar-refractivity contribution in [3.8, 4) is 0 Å². The van der Waals surface area contributed by atoms with Gasteiger partial charge in [0.1, 0.15) is 24.2 Å². The maximum atomic E-state index is 7.01. The molecule has 1 saturated carbocycles. The van der Waals surface area contributed by atoms with Gasteiger partial charge in [-0.25, -0.2) is 0 Å². The largest absolute Gasteiger partial charge is 0.368 e. The number of unbranched alkanes of at least 4 members (excludes halogenated alkanes) is 3. The summed E-state index contributed by atoms with van der Waals surface area (Å²) in [5.41, 5.74) is 1.95. The number of benzene rings is 1. The topological polar surface area (TPSA) is 9.23 Å². The lowest BCUT2D eigenvalue weighted by atomic mass is 9.72. The van der Waals surface area contributed by atoms with E-state index >= 15 is 0 Å². The number of hydrogen-bond acceptors (Lipinski definition) is 1. The molecule has 2 nitrogen and oxygen atoms in total. The van der Waals surface area contributed by atoms with Crippen LogP contribution in [0.25, 0.3) is 0 Å². The van der Waals surface area contributed by atoms with E-state index in [0.29, 0.717) is 17.4 Å². The summed E-state index contributed by atoms with van der Waals surface area (Å²) in [6.07, 6.45) is 7.96. The van der Waals surface area contributed by atoms with Crippen molar-refractivity contribution < 1.29 is 9.22 Å². The summed E-state index contributed by atoms with van der Waals surface area (Å²) in [5, 5.41) is 0. The van der Waals surface area contributed by atoms with Gasteiger partial charge >= 0.3 is 0 Å². The van der Waals surface area contributed by atoms with Crippen molar-refractivity contribution in [1.29, 1.82) is 0 Å². The van der Waals surface area contributed by atoms with Crippen LogP contribution in [0.15, 0.2) is 30.3 Å². The third-order valence-corrected chi connectivity index (χ3v) is 9.38. The van der Waals surface area contributed by atoms with E-state index in [0.717, 1.165) is 18.4 Å². The van der Waals surface area contributed by atoms with Crippen molar-refractivity contribution in [3.05, 3.63) is 35.9 Å². The molecule has 0 aromatic heterocycles. The molecular weight excluding hydrogens is 354 g/mol. The summed E-state index contributed by atoms with van der Waals surface area (Å²) in [5.74, 6) is 2.99. The first-order valence-electron chi connectivity index (χ1n) is 12.4. The number of ether oxygens (including phenoxy) is 1. The molecular formula is C27H44NO+. The Morgan fingerprint density at radius 1 is 1.10 bits per heavy atom. The molecule has 0 radical (unpaired) electrons. The molecule has 3 fully saturated rings. The second kappa shape index (κ2) is 8.00. The summed E-state index contributed by atoms with van der Waals surface area (Å²) in [6.45, 7) is 17.0. The van der Waals surface area contributed by atoms with Gasteiger partial charge in [0, 0.05) is 29.9 Å². The highest BCUT2D eigenvalue weighted by atomic mass is 16.5. The van der Waals surface area contributed by atoms with Crippen LogP contribution < -0.4 is 0 Å². The first kappa shape index (κ1) is 21.4. The zero-order valence-corrected chi connectivity index (χ0v) is 19.6. The third kappa shape index (κ3) is 3.21. The molecule has 1 aromatic carbocycles. The van der Waals surface area contributed by atoms with E-state index in [1.54, 1.807) is 0 Å². The molecule has 2 heteroatoms. The van der Waals surface area contributed by atoms with Crippen LogP contribution >= 0.6 is 0 Å². The molecule has 3 aliphatic rings. The van der Waals surface area contributed by atoms with E-state index in [1.807, 2.05) is 0 Å². The van der Waals surface area contributed by atoms with Crippen LogP contribution in [0, 0.1) is 23.7 Å². The van der Waals surface area contributed by atoms with Crippen molar-refractivity contribution in [2.75, 3.05) is 19.7 Å². The predicted octanol–water partition coefficient (Wildman–Crippen LogP) is 6.44. The molecule has 0 spiro atoms. The fraction of sp³-hybridized carbons (Fsp3) is 0.778. The van der Waals surface area contributed by atoms with Crippen LogP contribution in [0.3, 0.4) is 0 Å². The van der Waals surface area contributed by atoms with Gasteiger partial charge < -0.3 is 9.22 Å². The maximum absolute atomic E-state index is 7.01. The highest BCUT2D eigenvalue weighted by molar-refractivity contribution is 5.19. The monoisotopic (exact) mass is 398 g/mol. The van der Waals surface area contributed by atoms with Gasteiger partial charge in [-0.3, -0.25) is 0 Å². The van der Waals surface area contributed by atoms with Crippen LogP contribution in [0.2, 0.25) is 0 Å². The van der Waals surface area contributed by atoms with E-state index in [2.05, 4.69) is 65.0 Å². The minimum Gasteiger partial charge on any atom is -0.368 e. The molecule has 2 heterocycles. The predicted molar refractivity (Wildman–Crippen MR) is 122 cm³/mol. The van der Waals surface area contributed by atoms with Gasteiger partial charge in [-0.1, -0.05) is 77.3 Å². The lowest BCUT2D eigenvalue weighted by molar-refractivity contribution is -0.968. The van der Waals surface area contributed by atoms with Crippen LogP contribution in [-0.4, -0.2) is 35.3 Å². The van der Waals surface area contributed by atoms with Crippen molar-refractivity contribution in [2.45, 2.75) is 90.8 Å². The molecule has 29 heavy (non-hydrogen) atoms. The van der Waals surface area contributed by atoms with Gasteiger partial charge in [0.2, 0.25) is 0 Å². The van der Waals surface area contributed by atoms with Crippen molar-refractivity contribution in [1.82, 2.24) is 0 Å². The zero-order chi connectivity index (χ0) is 20.7. The molecule has 162 valence electrons. The standard InChI is InChI=1S/C27H44NO/c1-6-7-8-12-17-29-27(21(2)3)20-28(19-23-13-10-9-11-14-23)18-22(4)24-15-16-25(27)26(24,28)5/h9-11,13-14,21-22,24-25H,6-8,12,15-20H2,1-5H3/q+1/t22-,24+,25+,26-,27+,28-/m1/s1. The third-order valence-electron chi connectivity index (χ3n) is 9.38. The molecule has 4 rings (SSSR count). The maximum Gasteiger partial charge on any atom is 0.128 e. The number of quaternary nitrogens is 1. The molecule has 0 unspecified atom stereocenters. The summed E-state index contributed by atoms with van der Waals surface area (Å²) >= 11 is 0. The van der Waals surface area contributed by atoms with Crippen LogP contribution in [0.1, 0.15) is 78.7 Å². The Morgan fingerprint density at radius 2 is 1.86 bits per heavy atom. The Morgan fingerprint density at radius 3 is 2.55 bits per heavy atom. The Balaban J connectivity index is 1.66. The van der Waals surface area contributed by atoms with Gasteiger partial charge in [0.05, 0.1) is 6.54 Å². The molecule has 2 aliphatic heterocycles. The fourth-order valence-corrected chi connectivity index (χ4v) is 8.08. The zero-order valence-electron chi connectivity index (χ0n) is 19.6. The van der Waals surface area contributed by atoms with Crippen LogP contribution in [0.4, 0.5) is 0 Å². The van der Waals surface area contributed by atoms with Crippen molar-refractivity contribution in [2.24, 2.45) is 23.7 Å². The molecule has 1 aliphatic carbocycles. The quantitative estimate of drug-likeness (QED) is 0.343. The lowest BCUT2D eigenvalue weighted by Crippen LogP contribution is -2.57. The molecule has 6 atom stereocenters. The highest BCUT2D eigenvalue weighted by Gasteiger charge is 2.78. The summed E-state index contributed by atoms with van der Waals surface area (Å²) in [4.78, 5) is 0. The summed E-state index contributed by atoms with van der Waals surface area (Å²) in [7, 11) is 0. The lowest BCUT2D eigenvalue weighted by Gasteiger charge is -2.43. The van der Waals surface area contributed by atoms with Crippen molar-refractivity contribution in [3.63, 3.8) is 0 Å². The first-order valence-corrected chi connectivity index (χ1v) is 12.4. The van der Waals surface area contributed by atoms with E-state index in [-0.39, 0.29) is 5.60 Å². The van der Waals surface area contributed by atoms with E-state index in [4.69, 9.17) is 4.74 Å². The van der Waals surface area contributed by atoms with E-state index < -0.39 is 0 Å². The Kier molecular flexibility index (Phi) is 5.90. The Labute approximate surface area is 179 Å². The average molecular weight is 399 g/mol. The first-order chi connectivity index (χ1) is 13.9. The van der Waals surface area contributed by atoms with Crippen LogP contribution in [-0.2, 0) is 11.3 Å². The van der Waals surface area contributed by atoms with E-state index in [1.165, 1.54) is 68.2 Å². The van der Waals surface area contributed by atoms with Gasteiger partial charge in [-0.2, -0.15) is 0 Å². The SMILES string of the molecule is CCCCCCO[C@]1(C(C)C)C[N@+]2(Cc3ccccc3)C[C@@H](C)[C@@H]3CC[C@H]1[C@@]32C. The molecule has 0 N–H and O–H groups in total. The minimum absolute atomic E-state index is 0.0602.